The van der Waals surface area contributed by atoms with Gasteiger partial charge in [0.2, 0.25) is 0 Å². The lowest BCUT2D eigenvalue weighted by Crippen LogP contribution is -2.13. The molecule has 1 aromatic heterocycles. The highest BCUT2D eigenvalue weighted by Crippen LogP contribution is 2.27. The van der Waals surface area contributed by atoms with Crippen molar-refractivity contribution in [3.8, 4) is 23.1 Å². The summed E-state index contributed by atoms with van der Waals surface area (Å²) in [5, 5.41) is 4.37. The molecular formula is C24H22F2N4O3S. The SMILES string of the molecule is CC(C)COc1nc(-c2ccccc2F)n(-c2ccc(NS(=O)(=O)c3ccc(F)cc3)cc2)n1. The lowest BCUT2D eigenvalue weighted by Gasteiger charge is -2.10. The van der Waals surface area contributed by atoms with Gasteiger partial charge in [-0.15, -0.1) is 5.10 Å². The van der Waals surface area contributed by atoms with E-state index in [4.69, 9.17) is 4.74 Å². The largest absolute Gasteiger partial charge is 0.462 e. The summed E-state index contributed by atoms with van der Waals surface area (Å²) in [6.45, 7) is 4.37. The van der Waals surface area contributed by atoms with E-state index in [-0.39, 0.29) is 33.9 Å². The van der Waals surface area contributed by atoms with Crippen LogP contribution in [0.5, 0.6) is 6.01 Å². The van der Waals surface area contributed by atoms with Crippen molar-refractivity contribution in [2.45, 2.75) is 18.7 Å². The molecule has 4 rings (SSSR count). The van der Waals surface area contributed by atoms with Gasteiger partial charge in [-0.1, -0.05) is 26.0 Å². The molecule has 1 heterocycles. The Morgan fingerprint density at radius 2 is 1.65 bits per heavy atom. The van der Waals surface area contributed by atoms with Crippen LogP contribution in [0.2, 0.25) is 0 Å². The van der Waals surface area contributed by atoms with E-state index in [1.807, 2.05) is 13.8 Å². The van der Waals surface area contributed by atoms with Crippen LogP contribution in [0.4, 0.5) is 14.5 Å². The van der Waals surface area contributed by atoms with Crippen molar-refractivity contribution in [3.05, 3.63) is 84.4 Å². The minimum Gasteiger partial charge on any atom is -0.462 e. The molecule has 1 N–H and O–H groups in total. The number of hydrogen-bond acceptors (Lipinski definition) is 5. The van der Waals surface area contributed by atoms with Crippen molar-refractivity contribution in [1.82, 2.24) is 14.8 Å². The number of halogens is 2. The summed E-state index contributed by atoms with van der Waals surface area (Å²) in [6.07, 6.45) is 0. The second kappa shape index (κ2) is 9.60. The molecule has 0 radical (unpaired) electrons. The Kier molecular flexibility index (Phi) is 6.60. The fourth-order valence-electron chi connectivity index (χ4n) is 3.09. The first-order valence-corrected chi connectivity index (χ1v) is 11.9. The molecule has 0 aliphatic rings. The van der Waals surface area contributed by atoms with Gasteiger partial charge in [0.1, 0.15) is 11.6 Å². The maximum absolute atomic E-state index is 14.5. The summed E-state index contributed by atoms with van der Waals surface area (Å²) in [7, 11) is -3.90. The molecule has 4 aromatic rings. The van der Waals surface area contributed by atoms with Crippen LogP contribution in [0, 0.1) is 17.6 Å². The zero-order valence-corrected chi connectivity index (χ0v) is 19.3. The number of rotatable bonds is 8. The van der Waals surface area contributed by atoms with Gasteiger partial charge in [-0.2, -0.15) is 4.98 Å². The van der Waals surface area contributed by atoms with Gasteiger partial charge in [-0.05, 0) is 66.6 Å². The van der Waals surface area contributed by atoms with Gasteiger partial charge in [-0.3, -0.25) is 4.72 Å². The smallest absolute Gasteiger partial charge is 0.336 e. The first-order chi connectivity index (χ1) is 16.2. The molecule has 0 fully saturated rings. The Hall–Kier alpha value is -3.79. The standard InChI is InChI=1S/C24H22F2N4O3S/c1-16(2)15-33-24-27-23(21-5-3-4-6-22(21)26)30(28-24)19-11-9-18(10-12-19)29-34(31,32)20-13-7-17(25)8-14-20/h3-14,16,29H,15H2,1-2H3. The molecule has 0 amide bonds. The summed E-state index contributed by atoms with van der Waals surface area (Å²) in [6, 6.07) is 17.1. The maximum atomic E-state index is 14.5. The maximum Gasteiger partial charge on any atom is 0.336 e. The third-order valence-electron chi connectivity index (χ3n) is 4.74. The molecule has 3 aromatic carbocycles. The fourth-order valence-corrected chi connectivity index (χ4v) is 4.15. The van der Waals surface area contributed by atoms with Crippen LogP contribution >= 0.6 is 0 Å². The third kappa shape index (κ3) is 5.23. The van der Waals surface area contributed by atoms with Gasteiger partial charge < -0.3 is 4.74 Å². The van der Waals surface area contributed by atoms with Gasteiger partial charge >= 0.3 is 6.01 Å². The minimum atomic E-state index is -3.90. The van der Waals surface area contributed by atoms with Crippen LogP contribution in [0.1, 0.15) is 13.8 Å². The fraction of sp³-hybridized carbons (Fsp3) is 0.167. The van der Waals surface area contributed by atoms with Crippen molar-refractivity contribution in [2.75, 3.05) is 11.3 Å². The van der Waals surface area contributed by atoms with Gasteiger partial charge in [0.15, 0.2) is 5.82 Å². The van der Waals surface area contributed by atoms with Crippen molar-refractivity contribution in [1.29, 1.82) is 0 Å². The van der Waals surface area contributed by atoms with E-state index in [1.54, 1.807) is 30.3 Å². The van der Waals surface area contributed by atoms with Crippen LogP contribution in [0.3, 0.4) is 0 Å². The van der Waals surface area contributed by atoms with E-state index in [2.05, 4.69) is 14.8 Å². The molecule has 0 spiro atoms. The van der Waals surface area contributed by atoms with Crippen molar-refractivity contribution in [3.63, 3.8) is 0 Å². The van der Waals surface area contributed by atoms with E-state index in [1.165, 1.54) is 35.0 Å². The lowest BCUT2D eigenvalue weighted by atomic mass is 10.2. The zero-order valence-electron chi connectivity index (χ0n) is 18.4. The van der Waals surface area contributed by atoms with E-state index in [0.717, 1.165) is 12.1 Å². The molecule has 0 unspecified atom stereocenters. The Labute approximate surface area is 196 Å². The molecule has 0 bridgehead atoms. The van der Waals surface area contributed by atoms with Crippen LogP contribution in [0.15, 0.2) is 77.7 Å². The van der Waals surface area contributed by atoms with Crippen LogP contribution < -0.4 is 9.46 Å². The highest BCUT2D eigenvalue weighted by atomic mass is 32.2. The van der Waals surface area contributed by atoms with E-state index < -0.39 is 21.7 Å². The molecule has 0 saturated carbocycles. The number of aromatic nitrogens is 3. The highest BCUT2D eigenvalue weighted by molar-refractivity contribution is 7.92. The second-order valence-corrected chi connectivity index (χ2v) is 9.60. The average Bonchev–Trinajstić information content (AvgIpc) is 3.22. The number of anilines is 1. The number of nitrogens with zero attached hydrogens (tertiary/aromatic N) is 3. The summed E-state index contributed by atoms with van der Waals surface area (Å²) >= 11 is 0. The van der Waals surface area contributed by atoms with Gasteiger partial charge in [0.25, 0.3) is 10.0 Å². The van der Waals surface area contributed by atoms with Crippen molar-refractivity contribution >= 4 is 15.7 Å². The summed E-state index contributed by atoms with van der Waals surface area (Å²) < 4.78 is 62.3. The normalized spacial score (nSPS) is 11.6. The van der Waals surface area contributed by atoms with Crippen molar-refractivity contribution in [2.24, 2.45) is 5.92 Å². The molecule has 0 aliphatic heterocycles. The molecule has 0 atom stereocenters. The molecule has 7 nitrogen and oxygen atoms in total. The number of ether oxygens (including phenoxy) is 1. The monoisotopic (exact) mass is 484 g/mol. The van der Waals surface area contributed by atoms with Gasteiger partial charge in [-0.25, -0.2) is 21.9 Å². The number of nitrogens with one attached hydrogen (secondary N) is 1. The summed E-state index contributed by atoms with van der Waals surface area (Å²) in [5.74, 6) is -0.498. The molecule has 0 aliphatic carbocycles. The van der Waals surface area contributed by atoms with Crippen LogP contribution in [-0.2, 0) is 10.0 Å². The van der Waals surface area contributed by atoms with Crippen LogP contribution in [0.25, 0.3) is 17.1 Å². The second-order valence-electron chi connectivity index (χ2n) is 7.92. The molecule has 10 heteroatoms. The molecule has 0 saturated heterocycles. The van der Waals surface area contributed by atoms with E-state index >= 15 is 0 Å². The summed E-state index contributed by atoms with van der Waals surface area (Å²) in [4.78, 5) is 4.30. The topological polar surface area (TPSA) is 86.1 Å². The predicted octanol–water partition coefficient (Wildman–Crippen LogP) is 5.05. The van der Waals surface area contributed by atoms with E-state index in [9.17, 15) is 17.2 Å². The van der Waals surface area contributed by atoms with E-state index in [0.29, 0.717) is 12.3 Å². The average molecular weight is 485 g/mol. The first-order valence-electron chi connectivity index (χ1n) is 10.5. The van der Waals surface area contributed by atoms with Crippen LogP contribution in [-0.4, -0.2) is 29.8 Å². The zero-order chi connectivity index (χ0) is 24.3. The lowest BCUT2D eigenvalue weighted by molar-refractivity contribution is 0.251. The summed E-state index contributed by atoms with van der Waals surface area (Å²) in [5.41, 5.74) is 1.06. The molecular weight excluding hydrogens is 462 g/mol. The van der Waals surface area contributed by atoms with Crippen molar-refractivity contribution < 1.29 is 21.9 Å². The number of sulfonamides is 1. The van der Waals surface area contributed by atoms with Gasteiger partial charge in [0.05, 0.1) is 22.8 Å². The highest BCUT2D eigenvalue weighted by Gasteiger charge is 2.19. The quantitative estimate of drug-likeness (QED) is 0.378. The Morgan fingerprint density at radius 1 is 0.971 bits per heavy atom. The third-order valence-corrected chi connectivity index (χ3v) is 6.13. The Balaban J connectivity index is 1.65. The van der Waals surface area contributed by atoms with Gasteiger partial charge in [0, 0.05) is 5.69 Å². The Morgan fingerprint density at radius 3 is 2.29 bits per heavy atom. The number of benzene rings is 3. The minimum absolute atomic E-state index is 0.0666. The first kappa shape index (κ1) is 23.4. The molecule has 176 valence electrons. The predicted molar refractivity (Wildman–Crippen MR) is 124 cm³/mol. The Bertz CT molecular complexity index is 1390. The number of hydrogen-bond donors (Lipinski definition) is 1. The molecule has 34 heavy (non-hydrogen) atoms.